The van der Waals surface area contributed by atoms with E-state index in [1.54, 1.807) is 12.1 Å². The number of benzene rings is 2. The Hall–Kier alpha value is -2.40. The summed E-state index contributed by atoms with van der Waals surface area (Å²) in [6.45, 7) is 5.90. The van der Waals surface area contributed by atoms with E-state index < -0.39 is 0 Å². The predicted molar refractivity (Wildman–Crippen MR) is 117 cm³/mol. The third-order valence-electron chi connectivity index (χ3n) is 5.95. The SMILES string of the molecule is Cc1ccc(Cl)c(C(=O)N2CCC(CN=C3Oc4c(F)cccc4CCC3C)C2)c1. The van der Waals surface area contributed by atoms with E-state index in [0.29, 0.717) is 41.9 Å². The molecule has 0 aliphatic carbocycles. The van der Waals surface area contributed by atoms with Crippen molar-refractivity contribution < 1.29 is 13.9 Å². The fourth-order valence-corrected chi connectivity index (χ4v) is 4.31. The van der Waals surface area contributed by atoms with Gasteiger partial charge in [0, 0.05) is 25.6 Å². The van der Waals surface area contributed by atoms with Crippen LogP contribution in [0.15, 0.2) is 41.4 Å². The molecule has 2 heterocycles. The summed E-state index contributed by atoms with van der Waals surface area (Å²) in [6.07, 6.45) is 2.53. The molecule has 2 aliphatic rings. The highest BCUT2D eigenvalue weighted by molar-refractivity contribution is 6.33. The molecule has 2 aromatic rings. The highest BCUT2D eigenvalue weighted by Gasteiger charge is 2.29. The number of hydrogen-bond donors (Lipinski definition) is 0. The molecule has 0 radical (unpaired) electrons. The van der Waals surface area contributed by atoms with Gasteiger partial charge in [-0.15, -0.1) is 0 Å². The van der Waals surface area contributed by atoms with Gasteiger partial charge in [0.1, 0.15) is 0 Å². The normalized spacial score (nSPS) is 22.5. The summed E-state index contributed by atoms with van der Waals surface area (Å²) in [5.41, 5.74) is 2.45. The second-order valence-electron chi connectivity index (χ2n) is 8.34. The number of aryl methyl sites for hydroxylation is 2. The van der Waals surface area contributed by atoms with Gasteiger partial charge in [0.25, 0.3) is 5.91 Å². The van der Waals surface area contributed by atoms with Crippen molar-refractivity contribution in [2.45, 2.75) is 33.1 Å². The van der Waals surface area contributed by atoms with Crippen molar-refractivity contribution in [1.82, 2.24) is 4.90 Å². The van der Waals surface area contributed by atoms with Crippen LogP contribution in [0.25, 0.3) is 0 Å². The second kappa shape index (κ2) is 8.76. The molecular weight excluding hydrogens is 403 g/mol. The number of rotatable bonds is 3. The van der Waals surface area contributed by atoms with E-state index in [9.17, 15) is 9.18 Å². The molecule has 1 amide bonds. The molecule has 1 saturated heterocycles. The van der Waals surface area contributed by atoms with Crippen molar-refractivity contribution >= 4 is 23.4 Å². The zero-order chi connectivity index (χ0) is 21.3. The Balaban J connectivity index is 1.43. The summed E-state index contributed by atoms with van der Waals surface area (Å²) in [5.74, 6) is 0.894. The van der Waals surface area contributed by atoms with E-state index >= 15 is 0 Å². The lowest BCUT2D eigenvalue weighted by Gasteiger charge is -2.18. The van der Waals surface area contributed by atoms with Crippen molar-refractivity contribution in [1.29, 1.82) is 0 Å². The first-order valence-electron chi connectivity index (χ1n) is 10.5. The van der Waals surface area contributed by atoms with Gasteiger partial charge < -0.3 is 9.64 Å². The molecule has 2 aromatic carbocycles. The van der Waals surface area contributed by atoms with Gasteiger partial charge in [-0.05, 0) is 55.9 Å². The molecule has 158 valence electrons. The third kappa shape index (κ3) is 4.36. The van der Waals surface area contributed by atoms with Crippen LogP contribution in [-0.2, 0) is 6.42 Å². The number of amides is 1. The minimum absolute atomic E-state index is 0.0334. The maximum Gasteiger partial charge on any atom is 0.255 e. The lowest BCUT2D eigenvalue weighted by molar-refractivity contribution is 0.0787. The molecule has 4 nitrogen and oxygen atoms in total. The van der Waals surface area contributed by atoms with Gasteiger partial charge in [0.05, 0.1) is 10.6 Å². The van der Waals surface area contributed by atoms with Crippen LogP contribution in [-0.4, -0.2) is 36.3 Å². The number of nitrogens with zero attached hydrogens (tertiary/aromatic N) is 2. The van der Waals surface area contributed by atoms with Crippen LogP contribution in [0.5, 0.6) is 5.75 Å². The molecular formula is C24H26ClFN2O2. The first-order valence-corrected chi connectivity index (χ1v) is 10.8. The summed E-state index contributed by atoms with van der Waals surface area (Å²) in [4.78, 5) is 19.4. The van der Waals surface area contributed by atoms with Crippen molar-refractivity contribution in [3.05, 3.63) is 63.9 Å². The molecule has 1 fully saturated rings. The van der Waals surface area contributed by atoms with Gasteiger partial charge in [0.2, 0.25) is 0 Å². The lowest BCUT2D eigenvalue weighted by atomic mass is 10.0. The Kier molecular flexibility index (Phi) is 6.09. The van der Waals surface area contributed by atoms with Gasteiger partial charge >= 0.3 is 0 Å². The van der Waals surface area contributed by atoms with Crippen LogP contribution in [0, 0.1) is 24.6 Å². The molecule has 0 saturated carbocycles. The summed E-state index contributed by atoms with van der Waals surface area (Å²) in [6, 6.07) is 10.6. The first kappa shape index (κ1) is 20.9. The summed E-state index contributed by atoms with van der Waals surface area (Å²) < 4.78 is 20.1. The quantitative estimate of drug-likeness (QED) is 0.664. The average molecular weight is 429 g/mol. The Bertz CT molecular complexity index is 991. The van der Waals surface area contributed by atoms with Crippen LogP contribution in [0.4, 0.5) is 4.39 Å². The lowest BCUT2D eigenvalue weighted by Crippen LogP contribution is -2.29. The predicted octanol–water partition coefficient (Wildman–Crippen LogP) is 5.31. The maximum absolute atomic E-state index is 14.2. The number of hydrogen-bond acceptors (Lipinski definition) is 3. The number of likely N-dealkylation sites (tertiary alicyclic amines) is 1. The van der Waals surface area contributed by atoms with Crippen LogP contribution >= 0.6 is 11.6 Å². The van der Waals surface area contributed by atoms with Gasteiger partial charge in [-0.3, -0.25) is 9.79 Å². The second-order valence-corrected chi connectivity index (χ2v) is 8.75. The van der Waals surface area contributed by atoms with Crippen LogP contribution in [0.2, 0.25) is 5.02 Å². The standard InChI is InChI=1S/C24H26ClFN2O2/c1-15-6-9-20(25)19(12-15)24(29)28-11-10-17(14-28)13-27-23-16(2)7-8-18-4-3-5-21(26)22(18)30-23/h3-6,9,12,16-17H,7-8,10-11,13-14H2,1-2H3. The molecule has 2 unspecified atom stereocenters. The largest absolute Gasteiger partial charge is 0.440 e. The molecule has 0 spiro atoms. The Morgan fingerprint density at radius 1 is 1.30 bits per heavy atom. The van der Waals surface area contributed by atoms with Gasteiger partial charge in [-0.25, -0.2) is 4.39 Å². The van der Waals surface area contributed by atoms with E-state index in [1.807, 2.05) is 30.0 Å². The highest BCUT2D eigenvalue weighted by atomic mass is 35.5. The van der Waals surface area contributed by atoms with E-state index in [0.717, 1.165) is 30.4 Å². The van der Waals surface area contributed by atoms with Crippen LogP contribution in [0.1, 0.15) is 41.3 Å². The molecule has 4 rings (SSSR count). The number of carbonyl (C=O) groups excluding carboxylic acids is 1. The topological polar surface area (TPSA) is 41.9 Å². The van der Waals surface area contributed by atoms with Crippen LogP contribution in [0.3, 0.4) is 0 Å². The molecule has 6 heteroatoms. The fraction of sp³-hybridized carbons (Fsp3) is 0.417. The van der Waals surface area contributed by atoms with E-state index in [4.69, 9.17) is 21.3 Å². The minimum atomic E-state index is -0.345. The van der Waals surface area contributed by atoms with E-state index in [-0.39, 0.29) is 23.6 Å². The minimum Gasteiger partial charge on any atom is -0.440 e. The Morgan fingerprint density at radius 2 is 2.13 bits per heavy atom. The summed E-state index contributed by atoms with van der Waals surface area (Å²) >= 11 is 6.24. The van der Waals surface area contributed by atoms with Gasteiger partial charge in [-0.1, -0.05) is 42.3 Å². The zero-order valence-corrected chi connectivity index (χ0v) is 18.1. The highest BCUT2D eigenvalue weighted by Crippen LogP contribution is 2.30. The smallest absolute Gasteiger partial charge is 0.255 e. The monoisotopic (exact) mass is 428 g/mol. The summed E-state index contributed by atoms with van der Waals surface area (Å²) in [7, 11) is 0. The first-order chi connectivity index (χ1) is 14.4. The maximum atomic E-state index is 14.2. The van der Waals surface area contributed by atoms with Gasteiger partial charge in [0.15, 0.2) is 17.5 Å². The van der Waals surface area contributed by atoms with Crippen molar-refractivity contribution in [3.8, 4) is 5.75 Å². The van der Waals surface area contributed by atoms with E-state index in [2.05, 4.69) is 6.92 Å². The summed E-state index contributed by atoms with van der Waals surface area (Å²) in [5, 5.41) is 0.482. The average Bonchev–Trinajstić information content (AvgIpc) is 3.14. The number of halogens is 2. The molecule has 0 aromatic heterocycles. The zero-order valence-electron chi connectivity index (χ0n) is 17.3. The molecule has 30 heavy (non-hydrogen) atoms. The number of aliphatic imine (C=N–C) groups is 1. The Labute approximate surface area is 181 Å². The number of fused-ring (bicyclic) bond motifs is 1. The van der Waals surface area contributed by atoms with Crippen LogP contribution < -0.4 is 4.74 Å². The number of para-hydroxylation sites is 1. The van der Waals surface area contributed by atoms with Crippen molar-refractivity contribution in [2.75, 3.05) is 19.6 Å². The van der Waals surface area contributed by atoms with Crippen molar-refractivity contribution in [3.63, 3.8) is 0 Å². The molecule has 2 atom stereocenters. The molecule has 0 bridgehead atoms. The third-order valence-corrected chi connectivity index (χ3v) is 6.28. The van der Waals surface area contributed by atoms with E-state index in [1.165, 1.54) is 6.07 Å². The Morgan fingerprint density at radius 3 is 2.97 bits per heavy atom. The molecule has 2 aliphatic heterocycles. The van der Waals surface area contributed by atoms with Crippen molar-refractivity contribution in [2.24, 2.45) is 16.8 Å². The van der Waals surface area contributed by atoms with Gasteiger partial charge in [-0.2, -0.15) is 0 Å². The molecule has 0 N–H and O–H groups in total. The number of ether oxygens (including phenoxy) is 1. The number of carbonyl (C=O) groups is 1. The fourth-order valence-electron chi connectivity index (χ4n) is 4.11.